The predicted octanol–water partition coefficient (Wildman–Crippen LogP) is 2.54. The number of rotatable bonds is 4. The van der Waals surface area contributed by atoms with Crippen molar-refractivity contribution in [1.82, 2.24) is 4.98 Å². The molecule has 0 spiro atoms. The monoisotopic (exact) mass is 246 g/mol. The van der Waals surface area contributed by atoms with Crippen LogP contribution < -0.4 is 5.32 Å². The number of nitrogens with zero attached hydrogens (tertiary/aromatic N) is 1. The molecule has 0 radical (unpaired) electrons. The van der Waals surface area contributed by atoms with Gasteiger partial charge in [-0.25, -0.2) is 4.39 Å². The van der Waals surface area contributed by atoms with Gasteiger partial charge in [-0.3, -0.25) is 4.98 Å². The number of anilines is 1. The van der Waals surface area contributed by atoms with Crippen molar-refractivity contribution in [1.29, 1.82) is 0 Å². The van der Waals surface area contributed by atoms with E-state index in [1.165, 1.54) is 12.1 Å². The molecule has 0 saturated heterocycles. The highest BCUT2D eigenvalue weighted by Crippen LogP contribution is 2.25. The van der Waals surface area contributed by atoms with Crippen LogP contribution in [0.25, 0.3) is 0 Å². The van der Waals surface area contributed by atoms with Crippen molar-refractivity contribution >= 4 is 5.69 Å². The van der Waals surface area contributed by atoms with Gasteiger partial charge in [-0.15, -0.1) is 0 Å². The maximum absolute atomic E-state index is 13.1. The number of pyridine rings is 1. The van der Waals surface area contributed by atoms with Crippen molar-refractivity contribution in [2.75, 3.05) is 11.9 Å². The molecule has 18 heavy (non-hydrogen) atoms. The minimum absolute atomic E-state index is 0.116. The molecule has 0 saturated carbocycles. The molecule has 3 nitrogen and oxygen atoms in total. The first kappa shape index (κ1) is 12.5. The van der Waals surface area contributed by atoms with E-state index in [0.717, 1.165) is 5.56 Å². The second-order valence-corrected chi connectivity index (χ2v) is 4.37. The van der Waals surface area contributed by atoms with Crippen LogP contribution in [-0.2, 0) is 5.54 Å². The molecule has 0 amide bonds. The van der Waals surface area contributed by atoms with E-state index in [2.05, 4.69) is 10.3 Å². The minimum Gasteiger partial charge on any atom is -0.394 e. The van der Waals surface area contributed by atoms with Gasteiger partial charge in [0.15, 0.2) is 0 Å². The summed E-state index contributed by atoms with van der Waals surface area (Å²) in [6.45, 7) is 1.73. The van der Waals surface area contributed by atoms with Crippen LogP contribution in [-0.4, -0.2) is 16.7 Å². The lowest BCUT2D eigenvalue weighted by Gasteiger charge is -2.30. The Morgan fingerprint density at radius 3 is 2.78 bits per heavy atom. The first-order chi connectivity index (χ1) is 8.64. The summed E-state index contributed by atoms with van der Waals surface area (Å²) in [5.41, 5.74) is 0.773. The molecular weight excluding hydrogens is 231 g/mol. The second-order valence-electron chi connectivity index (χ2n) is 4.37. The zero-order valence-corrected chi connectivity index (χ0v) is 10.1. The molecule has 1 atom stereocenters. The van der Waals surface area contributed by atoms with E-state index >= 15 is 0 Å². The molecule has 0 aliphatic carbocycles. The van der Waals surface area contributed by atoms with Crippen LogP contribution in [0.2, 0.25) is 0 Å². The Hall–Kier alpha value is -1.94. The van der Waals surface area contributed by atoms with Crippen LogP contribution in [0.3, 0.4) is 0 Å². The summed E-state index contributed by atoms with van der Waals surface area (Å²) >= 11 is 0. The number of aliphatic hydroxyl groups is 1. The summed E-state index contributed by atoms with van der Waals surface area (Å²) in [4.78, 5) is 4.03. The van der Waals surface area contributed by atoms with Crippen LogP contribution in [0.15, 0.2) is 48.8 Å². The number of halogens is 1. The Balaban J connectivity index is 2.29. The van der Waals surface area contributed by atoms with E-state index in [-0.39, 0.29) is 12.4 Å². The third-order valence-corrected chi connectivity index (χ3v) is 2.86. The van der Waals surface area contributed by atoms with Gasteiger partial charge < -0.3 is 10.4 Å². The molecule has 0 bridgehead atoms. The Bertz CT molecular complexity index is 518. The summed E-state index contributed by atoms with van der Waals surface area (Å²) < 4.78 is 13.1. The van der Waals surface area contributed by atoms with E-state index in [4.69, 9.17) is 0 Å². The van der Waals surface area contributed by atoms with Gasteiger partial charge in [-0.05, 0) is 36.8 Å². The fourth-order valence-corrected chi connectivity index (χ4v) is 1.78. The summed E-state index contributed by atoms with van der Waals surface area (Å²) in [5.74, 6) is -0.313. The van der Waals surface area contributed by atoms with Gasteiger partial charge in [0.05, 0.1) is 12.1 Å². The van der Waals surface area contributed by atoms with Crippen molar-refractivity contribution in [2.24, 2.45) is 0 Å². The van der Waals surface area contributed by atoms with Gasteiger partial charge in [0.2, 0.25) is 0 Å². The molecule has 2 aromatic rings. The summed E-state index contributed by atoms with van der Waals surface area (Å²) in [6.07, 6.45) is 3.35. The van der Waals surface area contributed by atoms with Crippen LogP contribution in [0.5, 0.6) is 0 Å². The van der Waals surface area contributed by atoms with E-state index < -0.39 is 5.54 Å². The standard InChI is InChI=1S/C14H15FN2O/c1-14(10-18,11-4-3-7-16-9-11)17-13-6-2-5-12(15)8-13/h2-9,17-18H,10H2,1H3. The Morgan fingerprint density at radius 2 is 2.17 bits per heavy atom. The number of aliphatic hydroxyl groups excluding tert-OH is 1. The number of hydrogen-bond acceptors (Lipinski definition) is 3. The van der Waals surface area contributed by atoms with E-state index in [1.54, 1.807) is 30.6 Å². The highest BCUT2D eigenvalue weighted by molar-refractivity contribution is 5.47. The van der Waals surface area contributed by atoms with Gasteiger partial charge in [0, 0.05) is 18.1 Å². The molecule has 94 valence electrons. The summed E-state index contributed by atoms with van der Waals surface area (Å²) in [5, 5.41) is 12.7. The SMILES string of the molecule is CC(CO)(Nc1cccc(F)c1)c1cccnc1. The minimum atomic E-state index is -0.692. The quantitative estimate of drug-likeness (QED) is 0.871. The molecule has 0 fully saturated rings. The van der Waals surface area contributed by atoms with Crippen molar-refractivity contribution in [3.63, 3.8) is 0 Å². The molecule has 0 aliphatic heterocycles. The molecule has 1 aromatic heterocycles. The van der Waals surface area contributed by atoms with Crippen LogP contribution >= 0.6 is 0 Å². The largest absolute Gasteiger partial charge is 0.394 e. The molecular formula is C14H15FN2O. The summed E-state index contributed by atoms with van der Waals surface area (Å²) in [6, 6.07) is 9.83. The highest BCUT2D eigenvalue weighted by atomic mass is 19.1. The lowest BCUT2D eigenvalue weighted by atomic mass is 9.94. The van der Waals surface area contributed by atoms with Crippen molar-refractivity contribution in [3.05, 3.63) is 60.2 Å². The Morgan fingerprint density at radius 1 is 1.33 bits per heavy atom. The lowest BCUT2D eigenvalue weighted by Crippen LogP contribution is -2.35. The zero-order chi connectivity index (χ0) is 13.0. The van der Waals surface area contributed by atoms with E-state index in [1.807, 2.05) is 13.0 Å². The van der Waals surface area contributed by atoms with Gasteiger partial charge in [-0.2, -0.15) is 0 Å². The van der Waals surface area contributed by atoms with Gasteiger partial charge in [0.1, 0.15) is 5.82 Å². The maximum Gasteiger partial charge on any atom is 0.125 e. The van der Waals surface area contributed by atoms with Crippen molar-refractivity contribution in [2.45, 2.75) is 12.5 Å². The fourth-order valence-electron chi connectivity index (χ4n) is 1.78. The third kappa shape index (κ3) is 2.65. The highest BCUT2D eigenvalue weighted by Gasteiger charge is 2.25. The van der Waals surface area contributed by atoms with Gasteiger partial charge >= 0.3 is 0 Å². The number of hydrogen-bond donors (Lipinski definition) is 2. The smallest absolute Gasteiger partial charge is 0.125 e. The topological polar surface area (TPSA) is 45.1 Å². The van der Waals surface area contributed by atoms with E-state index in [0.29, 0.717) is 5.69 Å². The lowest BCUT2D eigenvalue weighted by molar-refractivity contribution is 0.223. The first-order valence-electron chi connectivity index (χ1n) is 5.69. The fraction of sp³-hybridized carbons (Fsp3) is 0.214. The number of benzene rings is 1. The van der Waals surface area contributed by atoms with Crippen molar-refractivity contribution in [3.8, 4) is 0 Å². The van der Waals surface area contributed by atoms with Crippen molar-refractivity contribution < 1.29 is 9.50 Å². The Kier molecular flexibility index (Phi) is 3.58. The summed E-state index contributed by atoms with van der Waals surface area (Å²) in [7, 11) is 0. The molecule has 0 aliphatic rings. The first-order valence-corrected chi connectivity index (χ1v) is 5.69. The van der Waals surface area contributed by atoms with Gasteiger partial charge in [0.25, 0.3) is 0 Å². The normalized spacial score (nSPS) is 13.9. The number of nitrogens with one attached hydrogen (secondary N) is 1. The average Bonchev–Trinajstić information content (AvgIpc) is 2.39. The number of aromatic nitrogens is 1. The predicted molar refractivity (Wildman–Crippen MR) is 68.7 cm³/mol. The third-order valence-electron chi connectivity index (χ3n) is 2.86. The van der Waals surface area contributed by atoms with Crippen LogP contribution in [0.1, 0.15) is 12.5 Å². The molecule has 1 unspecified atom stereocenters. The molecule has 2 N–H and O–H groups in total. The Labute approximate surface area is 105 Å². The molecule has 4 heteroatoms. The van der Waals surface area contributed by atoms with E-state index in [9.17, 15) is 9.50 Å². The second kappa shape index (κ2) is 5.14. The molecule has 1 aromatic carbocycles. The average molecular weight is 246 g/mol. The molecule has 2 rings (SSSR count). The molecule has 1 heterocycles. The van der Waals surface area contributed by atoms with Gasteiger partial charge in [-0.1, -0.05) is 12.1 Å². The maximum atomic E-state index is 13.1. The van der Waals surface area contributed by atoms with Crippen LogP contribution in [0, 0.1) is 5.82 Å². The zero-order valence-electron chi connectivity index (χ0n) is 10.1. The van der Waals surface area contributed by atoms with Crippen LogP contribution in [0.4, 0.5) is 10.1 Å².